The Hall–Kier alpha value is -2.21. The SMILES string of the molecule is CC(C)C(NC(=O)c1ccc(F)cc1)C(=O)NCC1=CCNCC1. The van der Waals surface area contributed by atoms with Crippen molar-refractivity contribution in [2.45, 2.75) is 26.3 Å². The second-order valence-electron chi connectivity index (χ2n) is 6.24. The highest BCUT2D eigenvalue weighted by atomic mass is 19.1. The highest BCUT2D eigenvalue weighted by Crippen LogP contribution is 2.08. The van der Waals surface area contributed by atoms with Crippen LogP contribution in [0.15, 0.2) is 35.9 Å². The second-order valence-corrected chi connectivity index (χ2v) is 6.24. The van der Waals surface area contributed by atoms with Crippen LogP contribution in [0.4, 0.5) is 4.39 Å². The number of amides is 2. The minimum absolute atomic E-state index is 0.0589. The molecule has 1 aliphatic rings. The minimum atomic E-state index is -0.634. The molecule has 0 saturated heterocycles. The normalized spacial score (nSPS) is 15.6. The summed E-state index contributed by atoms with van der Waals surface area (Å²) in [4.78, 5) is 24.7. The highest BCUT2D eigenvalue weighted by molar-refractivity contribution is 5.97. The van der Waals surface area contributed by atoms with E-state index in [4.69, 9.17) is 0 Å². The van der Waals surface area contributed by atoms with Gasteiger partial charge in [-0.25, -0.2) is 4.39 Å². The maximum absolute atomic E-state index is 12.9. The number of carbonyl (C=O) groups is 2. The first-order valence-electron chi connectivity index (χ1n) is 8.20. The van der Waals surface area contributed by atoms with Gasteiger partial charge in [0.1, 0.15) is 11.9 Å². The average molecular weight is 333 g/mol. The third kappa shape index (κ3) is 5.16. The fourth-order valence-corrected chi connectivity index (χ4v) is 2.50. The van der Waals surface area contributed by atoms with Crippen LogP contribution in [-0.2, 0) is 4.79 Å². The summed E-state index contributed by atoms with van der Waals surface area (Å²) >= 11 is 0. The molecule has 130 valence electrons. The molecule has 5 nitrogen and oxygen atoms in total. The predicted octanol–water partition coefficient (Wildman–Crippen LogP) is 1.62. The quantitative estimate of drug-likeness (QED) is 0.693. The van der Waals surface area contributed by atoms with Crippen molar-refractivity contribution >= 4 is 11.8 Å². The van der Waals surface area contributed by atoms with Gasteiger partial charge in [0.2, 0.25) is 5.91 Å². The Morgan fingerprint density at radius 2 is 1.96 bits per heavy atom. The lowest BCUT2D eigenvalue weighted by Gasteiger charge is -2.23. The van der Waals surface area contributed by atoms with E-state index in [-0.39, 0.29) is 17.7 Å². The smallest absolute Gasteiger partial charge is 0.251 e. The summed E-state index contributed by atoms with van der Waals surface area (Å²) in [6.07, 6.45) is 2.99. The number of hydrogen-bond acceptors (Lipinski definition) is 3. The van der Waals surface area contributed by atoms with Crippen molar-refractivity contribution in [2.24, 2.45) is 5.92 Å². The van der Waals surface area contributed by atoms with E-state index < -0.39 is 11.9 Å². The van der Waals surface area contributed by atoms with E-state index in [0.717, 1.165) is 19.5 Å². The van der Waals surface area contributed by atoms with Crippen molar-refractivity contribution in [3.05, 3.63) is 47.3 Å². The summed E-state index contributed by atoms with van der Waals surface area (Å²) in [6.45, 7) is 5.98. The molecule has 1 atom stereocenters. The molecule has 2 amide bonds. The van der Waals surface area contributed by atoms with Crippen LogP contribution in [0.3, 0.4) is 0 Å². The van der Waals surface area contributed by atoms with Crippen LogP contribution in [0.1, 0.15) is 30.6 Å². The lowest BCUT2D eigenvalue weighted by Crippen LogP contribution is -2.50. The van der Waals surface area contributed by atoms with E-state index in [9.17, 15) is 14.0 Å². The second kappa shape index (κ2) is 8.59. The van der Waals surface area contributed by atoms with Gasteiger partial charge in [0.15, 0.2) is 0 Å². The molecule has 0 saturated carbocycles. The van der Waals surface area contributed by atoms with Crippen molar-refractivity contribution < 1.29 is 14.0 Å². The molecule has 1 aromatic rings. The molecule has 1 aliphatic heterocycles. The van der Waals surface area contributed by atoms with Gasteiger partial charge in [-0.1, -0.05) is 25.5 Å². The minimum Gasteiger partial charge on any atom is -0.351 e. The molecule has 1 heterocycles. The van der Waals surface area contributed by atoms with Crippen LogP contribution in [0.25, 0.3) is 0 Å². The van der Waals surface area contributed by atoms with Gasteiger partial charge in [-0.3, -0.25) is 9.59 Å². The molecule has 0 spiro atoms. The van der Waals surface area contributed by atoms with Crippen LogP contribution in [0.5, 0.6) is 0 Å². The van der Waals surface area contributed by atoms with Crippen molar-refractivity contribution in [1.82, 2.24) is 16.0 Å². The maximum atomic E-state index is 12.9. The monoisotopic (exact) mass is 333 g/mol. The summed E-state index contributed by atoms with van der Waals surface area (Å²) in [5.74, 6) is -1.05. The van der Waals surface area contributed by atoms with E-state index in [0.29, 0.717) is 12.1 Å². The maximum Gasteiger partial charge on any atom is 0.251 e. The molecule has 0 radical (unpaired) electrons. The van der Waals surface area contributed by atoms with Gasteiger partial charge in [0, 0.05) is 18.7 Å². The molecule has 2 rings (SSSR count). The Labute approximate surface area is 141 Å². The Bertz CT molecular complexity index is 611. The van der Waals surface area contributed by atoms with Crippen molar-refractivity contribution in [3.8, 4) is 0 Å². The largest absolute Gasteiger partial charge is 0.351 e. The number of rotatable bonds is 6. The number of hydrogen-bond donors (Lipinski definition) is 3. The Morgan fingerprint density at radius 1 is 1.25 bits per heavy atom. The van der Waals surface area contributed by atoms with Gasteiger partial charge in [-0.05, 0) is 43.1 Å². The van der Waals surface area contributed by atoms with E-state index >= 15 is 0 Å². The molecule has 24 heavy (non-hydrogen) atoms. The zero-order valence-electron chi connectivity index (χ0n) is 14.1. The standard InChI is InChI=1S/C18H24FN3O2/c1-12(2)16(18(24)21-11-13-7-9-20-10-8-13)22-17(23)14-3-5-15(19)6-4-14/h3-7,12,16,20H,8-11H2,1-2H3,(H,21,24)(H,22,23). The molecular formula is C18H24FN3O2. The lowest BCUT2D eigenvalue weighted by molar-refractivity contribution is -0.123. The van der Waals surface area contributed by atoms with Crippen LogP contribution in [0.2, 0.25) is 0 Å². The van der Waals surface area contributed by atoms with Crippen molar-refractivity contribution in [3.63, 3.8) is 0 Å². The van der Waals surface area contributed by atoms with Crippen LogP contribution in [-0.4, -0.2) is 37.5 Å². The third-order valence-electron chi connectivity index (χ3n) is 3.99. The van der Waals surface area contributed by atoms with Gasteiger partial charge in [-0.2, -0.15) is 0 Å². The van der Waals surface area contributed by atoms with Gasteiger partial charge in [0.05, 0.1) is 0 Å². The fraction of sp³-hybridized carbons (Fsp3) is 0.444. The number of nitrogens with one attached hydrogen (secondary N) is 3. The fourth-order valence-electron chi connectivity index (χ4n) is 2.50. The highest BCUT2D eigenvalue weighted by Gasteiger charge is 2.24. The van der Waals surface area contributed by atoms with E-state index in [2.05, 4.69) is 22.0 Å². The molecule has 0 aromatic heterocycles. The summed E-state index contributed by atoms with van der Waals surface area (Å²) in [6, 6.07) is 4.62. The first-order valence-corrected chi connectivity index (χ1v) is 8.20. The number of benzene rings is 1. The Balaban J connectivity index is 1.94. The van der Waals surface area contributed by atoms with Gasteiger partial charge >= 0.3 is 0 Å². The summed E-state index contributed by atoms with van der Waals surface area (Å²) in [5, 5.41) is 8.84. The molecule has 0 fully saturated rings. The molecule has 1 aromatic carbocycles. The van der Waals surface area contributed by atoms with Crippen LogP contribution >= 0.6 is 0 Å². The van der Waals surface area contributed by atoms with Gasteiger partial charge in [0.25, 0.3) is 5.91 Å². The lowest BCUT2D eigenvalue weighted by atomic mass is 10.0. The van der Waals surface area contributed by atoms with Crippen molar-refractivity contribution in [2.75, 3.05) is 19.6 Å². The molecule has 1 unspecified atom stereocenters. The van der Waals surface area contributed by atoms with E-state index in [1.165, 1.54) is 29.8 Å². The topological polar surface area (TPSA) is 70.2 Å². The predicted molar refractivity (Wildman–Crippen MR) is 91.1 cm³/mol. The average Bonchev–Trinajstić information content (AvgIpc) is 2.58. The molecular weight excluding hydrogens is 309 g/mol. The summed E-state index contributed by atoms with van der Waals surface area (Å²) in [5.41, 5.74) is 1.52. The van der Waals surface area contributed by atoms with Crippen LogP contribution < -0.4 is 16.0 Å². The Morgan fingerprint density at radius 3 is 2.54 bits per heavy atom. The van der Waals surface area contributed by atoms with Gasteiger partial charge in [-0.15, -0.1) is 0 Å². The zero-order valence-corrected chi connectivity index (χ0v) is 14.1. The van der Waals surface area contributed by atoms with Crippen molar-refractivity contribution in [1.29, 1.82) is 0 Å². The first kappa shape index (κ1) is 18.1. The first-order chi connectivity index (χ1) is 11.5. The third-order valence-corrected chi connectivity index (χ3v) is 3.99. The van der Waals surface area contributed by atoms with E-state index in [1.807, 2.05) is 13.8 Å². The Kier molecular flexibility index (Phi) is 6.49. The molecule has 3 N–H and O–H groups in total. The number of halogens is 1. The molecule has 6 heteroatoms. The molecule has 0 aliphatic carbocycles. The summed E-state index contributed by atoms with van der Waals surface area (Å²) < 4.78 is 12.9. The summed E-state index contributed by atoms with van der Waals surface area (Å²) in [7, 11) is 0. The van der Waals surface area contributed by atoms with Gasteiger partial charge < -0.3 is 16.0 Å². The van der Waals surface area contributed by atoms with Crippen LogP contribution in [0, 0.1) is 11.7 Å². The number of carbonyl (C=O) groups excluding carboxylic acids is 2. The zero-order chi connectivity index (χ0) is 17.5. The molecule has 0 bridgehead atoms. The van der Waals surface area contributed by atoms with E-state index in [1.54, 1.807) is 0 Å².